The van der Waals surface area contributed by atoms with Crippen LogP contribution in [-0.4, -0.2) is 41.4 Å². The van der Waals surface area contributed by atoms with Gasteiger partial charge < -0.3 is 19.5 Å². The van der Waals surface area contributed by atoms with Gasteiger partial charge in [-0.15, -0.1) is 0 Å². The number of ether oxygens (including phenoxy) is 3. The van der Waals surface area contributed by atoms with Crippen LogP contribution in [0.3, 0.4) is 0 Å². The van der Waals surface area contributed by atoms with Crippen LogP contribution in [0.4, 0.5) is 5.69 Å². The van der Waals surface area contributed by atoms with Crippen LogP contribution >= 0.6 is 0 Å². The normalized spacial score (nSPS) is 13.4. The van der Waals surface area contributed by atoms with Crippen molar-refractivity contribution in [3.05, 3.63) is 60.3 Å². The molecule has 0 radical (unpaired) electrons. The number of amides is 1. The highest BCUT2D eigenvalue weighted by molar-refractivity contribution is 5.97. The van der Waals surface area contributed by atoms with E-state index in [-0.39, 0.29) is 5.69 Å². The largest absolute Gasteiger partial charge is 0.486 e. The van der Waals surface area contributed by atoms with Crippen molar-refractivity contribution in [2.24, 2.45) is 0 Å². The highest BCUT2D eigenvalue weighted by Gasteiger charge is 2.21. The van der Waals surface area contributed by atoms with Crippen molar-refractivity contribution < 1.29 is 23.8 Å². The molecule has 2 heterocycles. The Bertz CT molecular complexity index is 1030. The molecule has 8 nitrogen and oxygen atoms in total. The first-order chi connectivity index (χ1) is 14.1. The maximum atomic E-state index is 12.4. The molecule has 3 aromatic rings. The lowest BCUT2D eigenvalue weighted by atomic mass is 10.1. The summed E-state index contributed by atoms with van der Waals surface area (Å²) < 4.78 is 16.2. The van der Waals surface area contributed by atoms with Gasteiger partial charge in [-0.3, -0.25) is 9.89 Å². The van der Waals surface area contributed by atoms with Crippen LogP contribution in [0.15, 0.2) is 54.6 Å². The second-order valence-electron chi connectivity index (χ2n) is 6.43. The summed E-state index contributed by atoms with van der Waals surface area (Å²) in [6.45, 7) is 2.44. The molecule has 1 amide bonds. The van der Waals surface area contributed by atoms with E-state index in [1.807, 2.05) is 30.3 Å². The van der Waals surface area contributed by atoms with E-state index in [1.165, 1.54) is 6.92 Å². The molecular weight excluding hydrogens is 374 g/mol. The molecule has 1 aromatic heterocycles. The Hall–Kier alpha value is -3.81. The molecular formula is C21H19N3O5. The van der Waals surface area contributed by atoms with Crippen molar-refractivity contribution in [2.45, 2.75) is 13.0 Å². The molecule has 8 heteroatoms. The summed E-state index contributed by atoms with van der Waals surface area (Å²) in [4.78, 5) is 24.7. The van der Waals surface area contributed by atoms with E-state index in [1.54, 1.807) is 24.3 Å². The average molecular weight is 393 g/mol. The molecule has 0 saturated carbocycles. The van der Waals surface area contributed by atoms with Crippen molar-refractivity contribution >= 4 is 17.6 Å². The Balaban J connectivity index is 1.37. The summed E-state index contributed by atoms with van der Waals surface area (Å²) in [6.07, 6.45) is -1.00. The average Bonchev–Trinajstić information content (AvgIpc) is 3.25. The van der Waals surface area contributed by atoms with Crippen LogP contribution in [-0.2, 0) is 9.53 Å². The fraction of sp³-hybridized carbons (Fsp3) is 0.190. The van der Waals surface area contributed by atoms with Gasteiger partial charge in [0.15, 0.2) is 17.6 Å². The number of carbonyl (C=O) groups excluding carboxylic acids is 2. The quantitative estimate of drug-likeness (QED) is 0.646. The van der Waals surface area contributed by atoms with Crippen molar-refractivity contribution in [3.63, 3.8) is 0 Å². The Morgan fingerprint density at radius 2 is 1.83 bits per heavy atom. The van der Waals surface area contributed by atoms with Gasteiger partial charge in [0.1, 0.15) is 18.9 Å². The first-order valence-electron chi connectivity index (χ1n) is 9.12. The fourth-order valence-electron chi connectivity index (χ4n) is 2.83. The van der Waals surface area contributed by atoms with Crippen molar-refractivity contribution in [3.8, 4) is 22.8 Å². The van der Waals surface area contributed by atoms with Gasteiger partial charge in [-0.25, -0.2) is 4.79 Å². The van der Waals surface area contributed by atoms with Gasteiger partial charge in [0.2, 0.25) is 0 Å². The zero-order chi connectivity index (χ0) is 20.2. The highest BCUT2D eigenvalue weighted by atomic mass is 16.6. The molecule has 1 aliphatic heterocycles. The second kappa shape index (κ2) is 8.05. The second-order valence-corrected chi connectivity index (χ2v) is 6.43. The van der Waals surface area contributed by atoms with Gasteiger partial charge in [0, 0.05) is 17.3 Å². The fourth-order valence-corrected chi connectivity index (χ4v) is 2.83. The minimum Gasteiger partial charge on any atom is -0.486 e. The molecule has 0 bridgehead atoms. The number of fused-ring (bicyclic) bond motifs is 1. The zero-order valence-corrected chi connectivity index (χ0v) is 15.7. The Morgan fingerprint density at radius 3 is 2.62 bits per heavy atom. The van der Waals surface area contributed by atoms with E-state index in [4.69, 9.17) is 14.2 Å². The van der Waals surface area contributed by atoms with Gasteiger partial charge >= 0.3 is 5.97 Å². The molecule has 0 aliphatic carbocycles. The molecule has 0 unspecified atom stereocenters. The topological polar surface area (TPSA) is 103 Å². The third-order valence-electron chi connectivity index (χ3n) is 4.33. The summed E-state index contributed by atoms with van der Waals surface area (Å²) in [6, 6.07) is 16.1. The van der Waals surface area contributed by atoms with E-state index >= 15 is 0 Å². The smallest absolute Gasteiger partial charge is 0.357 e. The lowest BCUT2D eigenvalue weighted by Crippen LogP contribution is -2.30. The van der Waals surface area contributed by atoms with Gasteiger partial charge in [-0.1, -0.05) is 30.3 Å². The number of esters is 1. The number of carbonyl (C=O) groups is 2. The van der Waals surface area contributed by atoms with E-state index < -0.39 is 18.0 Å². The van der Waals surface area contributed by atoms with E-state index in [2.05, 4.69) is 15.5 Å². The van der Waals surface area contributed by atoms with Crippen LogP contribution in [0.2, 0.25) is 0 Å². The molecule has 4 rings (SSSR count). The molecule has 1 atom stereocenters. The van der Waals surface area contributed by atoms with Crippen LogP contribution in [0.5, 0.6) is 11.5 Å². The zero-order valence-electron chi connectivity index (χ0n) is 15.7. The monoisotopic (exact) mass is 393 g/mol. The van der Waals surface area contributed by atoms with Crippen molar-refractivity contribution in [1.82, 2.24) is 10.2 Å². The number of H-pyrrole nitrogens is 1. The number of rotatable bonds is 5. The lowest BCUT2D eigenvalue weighted by Gasteiger charge is -2.19. The van der Waals surface area contributed by atoms with Crippen LogP contribution in [0.25, 0.3) is 11.3 Å². The number of nitrogens with zero attached hydrogens (tertiary/aromatic N) is 1. The molecule has 2 aromatic carbocycles. The number of aromatic nitrogens is 2. The minimum absolute atomic E-state index is 0.169. The number of hydrogen-bond donors (Lipinski definition) is 2. The number of anilines is 1. The molecule has 1 aliphatic rings. The van der Waals surface area contributed by atoms with Crippen LogP contribution in [0, 0.1) is 0 Å². The van der Waals surface area contributed by atoms with Crippen molar-refractivity contribution in [1.29, 1.82) is 0 Å². The summed E-state index contributed by atoms with van der Waals surface area (Å²) in [5.41, 5.74) is 2.18. The van der Waals surface area contributed by atoms with Gasteiger partial charge in [0.25, 0.3) is 5.91 Å². The van der Waals surface area contributed by atoms with Crippen molar-refractivity contribution in [2.75, 3.05) is 18.5 Å². The maximum absolute atomic E-state index is 12.4. The molecule has 148 valence electrons. The summed E-state index contributed by atoms with van der Waals surface area (Å²) in [5, 5.41) is 9.46. The standard InChI is InChI=1S/C21H19N3O5/c1-13(20(25)22-15-7-8-18-19(11-15)28-10-9-27-18)29-21(26)17-12-16(23-24-17)14-5-3-2-4-6-14/h2-8,11-13H,9-10H2,1H3,(H,22,25)(H,23,24)/t13-/m0/s1. The Morgan fingerprint density at radius 1 is 1.07 bits per heavy atom. The third-order valence-corrected chi connectivity index (χ3v) is 4.33. The van der Waals surface area contributed by atoms with E-state index in [0.717, 1.165) is 5.56 Å². The van der Waals surface area contributed by atoms with Gasteiger partial charge in [-0.05, 0) is 25.1 Å². The number of aromatic amines is 1. The third kappa shape index (κ3) is 4.21. The number of nitrogens with one attached hydrogen (secondary N) is 2. The number of hydrogen-bond acceptors (Lipinski definition) is 6. The Kier molecular flexibility index (Phi) is 5.15. The molecule has 29 heavy (non-hydrogen) atoms. The number of benzene rings is 2. The van der Waals surface area contributed by atoms with Crippen LogP contribution < -0.4 is 14.8 Å². The van der Waals surface area contributed by atoms with E-state index in [9.17, 15) is 9.59 Å². The lowest BCUT2D eigenvalue weighted by molar-refractivity contribution is -0.123. The SMILES string of the molecule is C[C@H](OC(=O)c1cc(-c2ccccc2)n[nH]1)C(=O)Nc1ccc2c(c1)OCCO2. The van der Waals surface area contributed by atoms with Gasteiger partial charge in [0.05, 0.1) is 5.69 Å². The minimum atomic E-state index is -1.00. The molecule has 2 N–H and O–H groups in total. The Labute approximate surface area is 166 Å². The first kappa shape index (κ1) is 18.5. The van der Waals surface area contributed by atoms with Crippen LogP contribution in [0.1, 0.15) is 17.4 Å². The summed E-state index contributed by atoms with van der Waals surface area (Å²) in [7, 11) is 0. The molecule has 0 fully saturated rings. The molecule has 0 saturated heterocycles. The highest BCUT2D eigenvalue weighted by Crippen LogP contribution is 2.32. The first-order valence-corrected chi connectivity index (χ1v) is 9.12. The summed E-state index contributed by atoms with van der Waals surface area (Å²) >= 11 is 0. The van der Waals surface area contributed by atoms with Gasteiger partial charge in [-0.2, -0.15) is 5.10 Å². The van der Waals surface area contributed by atoms with E-state index in [0.29, 0.717) is 36.1 Å². The predicted octanol–water partition coefficient (Wildman–Crippen LogP) is 3.03. The maximum Gasteiger partial charge on any atom is 0.357 e. The predicted molar refractivity (Wildman–Crippen MR) is 105 cm³/mol. The summed E-state index contributed by atoms with van der Waals surface area (Å²) in [5.74, 6) is 0.0640. The molecule has 0 spiro atoms.